The highest BCUT2D eigenvalue weighted by atomic mass is 16.5. The largest absolute Gasteiger partial charge is 0.480 e. The number of ether oxygens (including phenoxy) is 1. The van der Waals surface area contributed by atoms with Crippen LogP contribution in [0.2, 0.25) is 0 Å². The molecule has 3 amide bonds. The normalized spacial score (nSPS) is 11.6. The molecule has 0 radical (unpaired) electrons. The summed E-state index contributed by atoms with van der Waals surface area (Å²) in [6.45, 7) is 3.75. The van der Waals surface area contributed by atoms with E-state index in [4.69, 9.17) is 9.84 Å². The maximum atomic E-state index is 11.9. The zero-order chi connectivity index (χ0) is 15.5. The van der Waals surface area contributed by atoms with Gasteiger partial charge in [0.2, 0.25) is 5.91 Å². The highest BCUT2D eigenvalue weighted by Crippen LogP contribution is 2.03. The van der Waals surface area contributed by atoms with Crippen LogP contribution in [0.25, 0.3) is 0 Å². The number of aliphatic carboxylic acids is 1. The van der Waals surface area contributed by atoms with Crippen LogP contribution in [0.3, 0.4) is 0 Å². The fraction of sp³-hybridized carbons (Fsp3) is 0.750. The molecule has 116 valence electrons. The molecule has 0 saturated carbocycles. The number of hydrogen-bond acceptors (Lipinski definition) is 4. The quantitative estimate of drug-likeness (QED) is 0.503. The second-order valence-electron chi connectivity index (χ2n) is 4.28. The van der Waals surface area contributed by atoms with E-state index in [1.54, 1.807) is 6.92 Å². The molecule has 1 unspecified atom stereocenters. The lowest BCUT2D eigenvalue weighted by Gasteiger charge is -2.26. The Kier molecular flexibility index (Phi) is 9.10. The number of carbonyl (C=O) groups excluding carboxylic acids is 2. The van der Waals surface area contributed by atoms with Gasteiger partial charge in [0.25, 0.3) is 0 Å². The minimum Gasteiger partial charge on any atom is -0.480 e. The van der Waals surface area contributed by atoms with Crippen molar-refractivity contribution in [2.75, 3.05) is 33.4 Å². The number of amides is 3. The first-order valence-electron chi connectivity index (χ1n) is 6.44. The van der Waals surface area contributed by atoms with Crippen LogP contribution in [0.5, 0.6) is 0 Å². The van der Waals surface area contributed by atoms with Crippen molar-refractivity contribution in [3.63, 3.8) is 0 Å². The first-order chi connectivity index (χ1) is 9.42. The minimum absolute atomic E-state index is 0.199. The molecule has 0 aliphatic heterocycles. The summed E-state index contributed by atoms with van der Waals surface area (Å²) in [5.41, 5.74) is 0. The number of urea groups is 1. The lowest BCUT2D eigenvalue weighted by molar-refractivity contribution is -0.138. The molecule has 0 aromatic carbocycles. The fourth-order valence-electron chi connectivity index (χ4n) is 1.41. The summed E-state index contributed by atoms with van der Waals surface area (Å²) in [6.07, 6.45) is 0.626. The summed E-state index contributed by atoms with van der Waals surface area (Å²) < 4.78 is 4.77. The van der Waals surface area contributed by atoms with Gasteiger partial charge < -0.3 is 25.4 Å². The van der Waals surface area contributed by atoms with Gasteiger partial charge in [0, 0.05) is 19.7 Å². The van der Waals surface area contributed by atoms with Crippen LogP contribution in [0.4, 0.5) is 4.79 Å². The van der Waals surface area contributed by atoms with Crippen LogP contribution in [0.1, 0.15) is 20.3 Å². The molecule has 0 aliphatic rings. The Labute approximate surface area is 118 Å². The standard InChI is InChI=1S/C12H23N3O5/c1-4-9(2)15(8-11(17)18)12(19)14-7-10(16)13-5-6-20-3/h9H,4-8H2,1-3H3,(H,13,16)(H,14,19)(H,17,18). The van der Waals surface area contributed by atoms with Crippen LogP contribution in [0, 0.1) is 0 Å². The molecule has 0 fully saturated rings. The number of methoxy groups -OCH3 is 1. The van der Waals surface area contributed by atoms with Crippen molar-refractivity contribution in [1.82, 2.24) is 15.5 Å². The van der Waals surface area contributed by atoms with E-state index in [1.165, 1.54) is 12.0 Å². The van der Waals surface area contributed by atoms with Crippen molar-refractivity contribution in [2.45, 2.75) is 26.3 Å². The van der Waals surface area contributed by atoms with Gasteiger partial charge in [-0.25, -0.2) is 4.79 Å². The van der Waals surface area contributed by atoms with Crippen molar-refractivity contribution in [2.24, 2.45) is 0 Å². The van der Waals surface area contributed by atoms with Crippen LogP contribution in [0.15, 0.2) is 0 Å². The third-order valence-corrected chi connectivity index (χ3v) is 2.72. The van der Waals surface area contributed by atoms with E-state index in [0.29, 0.717) is 19.6 Å². The molecule has 3 N–H and O–H groups in total. The minimum atomic E-state index is -1.09. The van der Waals surface area contributed by atoms with Gasteiger partial charge in [-0.1, -0.05) is 6.92 Å². The van der Waals surface area contributed by atoms with Crippen molar-refractivity contribution in [3.8, 4) is 0 Å². The molecule has 0 rings (SSSR count). The number of carbonyl (C=O) groups is 3. The molecule has 0 aromatic rings. The molecular formula is C12H23N3O5. The number of hydrogen-bond donors (Lipinski definition) is 3. The van der Waals surface area contributed by atoms with Gasteiger partial charge in [-0.15, -0.1) is 0 Å². The van der Waals surface area contributed by atoms with Crippen molar-refractivity contribution in [3.05, 3.63) is 0 Å². The van der Waals surface area contributed by atoms with Gasteiger partial charge in [-0.2, -0.15) is 0 Å². The van der Waals surface area contributed by atoms with E-state index in [0.717, 1.165) is 0 Å². The molecular weight excluding hydrogens is 266 g/mol. The van der Waals surface area contributed by atoms with Crippen LogP contribution in [-0.4, -0.2) is 67.3 Å². The smallest absolute Gasteiger partial charge is 0.323 e. The predicted molar refractivity (Wildman–Crippen MR) is 72.4 cm³/mol. The summed E-state index contributed by atoms with van der Waals surface area (Å²) in [6, 6.07) is -0.786. The Morgan fingerprint density at radius 3 is 2.45 bits per heavy atom. The fourth-order valence-corrected chi connectivity index (χ4v) is 1.41. The summed E-state index contributed by atoms with van der Waals surface area (Å²) in [5.74, 6) is -1.44. The Hall–Kier alpha value is -1.83. The van der Waals surface area contributed by atoms with Crippen molar-refractivity contribution >= 4 is 17.9 Å². The van der Waals surface area contributed by atoms with Gasteiger partial charge in [0.15, 0.2) is 0 Å². The highest BCUT2D eigenvalue weighted by molar-refractivity contribution is 5.85. The first kappa shape index (κ1) is 18.2. The van der Waals surface area contributed by atoms with E-state index in [9.17, 15) is 14.4 Å². The van der Waals surface area contributed by atoms with Gasteiger partial charge in [0.1, 0.15) is 6.54 Å². The average Bonchev–Trinajstić information content (AvgIpc) is 2.41. The van der Waals surface area contributed by atoms with Crippen molar-refractivity contribution < 1.29 is 24.2 Å². The van der Waals surface area contributed by atoms with E-state index < -0.39 is 18.5 Å². The Morgan fingerprint density at radius 1 is 1.30 bits per heavy atom. The maximum Gasteiger partial charge on any atom is 0.323 e. The third kappa shape index (κ3) is 7.57. The number of rotatable bonds is 9. The molecule has 0 aromatic heterocycles. The molecule has 8 heteroatoms. The SMILES string of the molecule is CCC(C)N(CC(=O)O)C(=O)NCC(=O)NCCOC. The Morgan fingerprint density at radius 2 is 1.95 bits per heavy atom. The molecule has 0 aliphatic carbocycles. The lowest BCUT2D eigenvalue weighted by atomic mass is 10.2. The predicted octanol–water partition coefficient (Wildman–Crippen LogP) is -0.356. The molecule has 0 bridgehead atoms. The van der Waals surface area contributed by atoms with Gasteiger partial charge in [-0.3, -0.25) is 9.59 Å². The second-order valence-corrected chi connectivity index (χ2v) is 4.28. The van der Waals surface area contributed by atoms with Gasteiger partial charge in [-0.05, 0) is 13.3 Å². The van der Waals surface area contributed by atoms with E-state index in [1.807, 2.05) is 6.92 Å². The summed E-state index contributed by atoms with van der Waals surface area (Å²) in [5, 5.41) is 13.7. The molecule has 8 nitrogen and oxygen atoms in total. The zero-order valence-electron chi connectivity index (χ0n) is 12.1. The number of carboxylic acid groups (broad SMARTS) is 1. The van der Waals surface area contributed by atoms with Crippen molar-refractivity contribution in [1.29, 1.82) is 0 Å². The number of carboxylic acids is 1. The van der Waals surface area contributed by atoms with Gasteiger partial charge >= 0.3 is 12.0 Å². The zero-order valence-corrected chi connectivity index (χ0v) is 12.1. The molecule has 1 atom stereocenters. The van der Waals surface area contributed by atoms with E-state index >= 15 is 0 Å². The molecule has 0 spiro atoms. The summed E-state index contributed by atoms with van der Waals surface area (Å²) in [7, 11) is 1.52. The second kappa shape index (κ2) is 10.0. The Balaban J connectivity index is 4.25. The highest BCUT2D eigenvalue weighted by Gasteiger charge is 2.21. The number of nitrogens with zero attached hydrogens (tertiary/aromatic N) is 1. The van der Waals surface area contributed by atoms with Crippen LogP contribution in [-0.2, 0) is 14.3 Å². The summed E-state index contributed by atoms with van der Waals surface area (Å²) in [4.78, 5) is 35.2. The topological polar surface area (TPSA) is 108 Å². The maximum absolute atomic E-state index is 11.9. The Bertz CT molecular complexity index is 335. The molecule has 20 heavy (non-hydrogen) atoms. The van der Waals surface area contributed by atoms with Crippen LogP contribution >= 0.6 is 0 Å². The third-order valence-electron chi connectivity index (χ3n) is 2.72. The first-order valence-corrected chi connectivity index (χ1v) is 6.44. The van der Waals surface area contributed by atoms with Crippen LogP contribution < -0.4 is 10.6 Å². The lowest BCUT2D eigenvalue weighted by Crippen LogP contribution is -2.49. The van der Waals surface area contributed by atoms with Gasteiger partial charge in [0.05, 0.1) is 13.2 Å². The average molecular weight is 289 g/mol. The number of nitrogens with one attached hydrogen (secondary N) is 2. The van der Waals surface area contributed by atoms with E-state index in [2.05, 4.69) is 10.6 Å². The molecule has 0 saturated heterocycles. The van der Waals surface area contributed by atoms with E-state index in [-0.39, 0.29) is 18.5 Å². The molecule has 0 heterocycles. The monoisotopic (exact) mass is 289 g/mol. The summed E-state index contributed by atoms with van der Waals surface area (Å²) >= 11 is 0.